The Morgan fingerprint density at radius 2 is 1.52 bits per heavy atom. The number of sulfonamides is 1. The SMILES string of the molecule is Cc1ccc(S(=O)(=O)N2CCC(C(=O)NC(C)C34CC5CC(CC(C5)C3)C4)CC2)cc1. The number of nitrogens with zero attached hydrogens (tertiary/aromatic N) is 1. The molecule has 4 bridgehead atoms. The molecule has 170 valence electrons. The van der Waals surface area contributed by atoms with Crippen LogP contribution in [0.15, 0.2) is 29.2 Å². The molecule has 5 nitrogen and oxygen atoms in total. The van der Waals surface area contributed by atoms with Crippen LogP contribution in [-0.2, 0) is 14.8 Å². The second-order valence-corrected chi connectivity index (χ2v) is 12.9. The predicted molar refractivity (Wildman–Crippen MR) is 121 cm³/mol. The van der Waals surface area contributed by atoms with E-state index in [0.717, 1.165) is 23.3 Å². The minimum Gasteiger partial charge on any atom is -0.353 e. The molecule has 1 heterocycles. The minimum absolute atomic E-state index is 0.0826. The van der Waals surface area contributed by atoms with Crippen molar-refractivity contribution in [3.05, 3.63) is 29.8 Å². The highest BCUT2D eigenvalue weighted by Gasteiger charge is 2.53. The number of hydrogen-bond donors (Lipinski definition) is 1. The highest BCUT2D eigenvalue weighted by Crippen LogP contribution is 2.61. The number of hydrogen-bond acceptors (Lipinski definition) is 3. The summed E-state index contributed by atoms with van der Waals surface area (Å²) < 4.78 is 27.4. The summed E-state index contributed by atoms with van der Waals surface area (Å²) in [5.41, 5.74) is 1.35. The van der Waals surface area contributed by atoms with Crippen molar-refractivity contribution < 1.29 is 13.2 Å². The Balaban J connectivity index is 1.18. The Morgan fingerprint density at radius 1 is 1.00 bits per heavy atom. The molecule has 0 spiro atoms. The quantitative estimate of drug-likeness (QED) is 0.743. The minimum atomic E-state index is -3.48. The van der Waals surface area contributed by atoms with E-state index in [1.807, 2.05) is 19.1 Å². The van der Waals surface area contributed by atoms with Crippen molar-refractivity contribution in [2.24, 2.45) is 29.1 Å². The van der Waals surface area contributed by atoms with Crippen LogP contribution < -0.4 is 5.32 Å². The number of nitrogens with one attached hydrogen (secondary N) is 1. The lowest BCUT2D eigenvalue weighted by Gasteiger charge is -2.59. The van der Waals surface area contributed by atoms with Gasteiger partial charge in [-0.15, -0.1) is 0 Å². The van der Waals surface area contributed by atoms with Gasteiger partial charge in [0.1, 0.15) is 0 Å². The first-order chi connectivity index (χ1) is 14.7. The van der Waals surface area contributed by atoms with E-state index < -0.39 is 10.0 Å². The van der Waals surface area contributed by atoms with Crippen LogP contribution in [0.1, 0.15) is 63.9 Å². The van der Waals surface area contributed by atoms with Gasteiger partial charge in [0.05, 0.1) is 4.90 Å². The normalized spacial score (nSPS) is 34.6. The average molecular weight is 445 g/mol. The van der Waals surface area contributed by atoms with Gasteiger partial charge in [0.15, 0.2) is 0 Å². The van der Waals surface area contributed by atoms with E-state index in [1.54, 1.807) is 16.4 Å². The summed E-state index contributed by atoms with van der Waals surface area (Å²) in [5, 5.41) is 3.39. The van der Waals surface area contributed by atoms with Gasteiger partial charge < -0.3 is 5.32 Å². The van der Waals surface area contributed by atoms with E-state index >= 15 is 0 Å². The third-order valence-corrected chi connectivity index (χ3v) is 10.8. The van der Waals surface area contributed by atoms with Crippen molar-refractivity contribution in [1.82, 2.24) is 9.62 Å². The largest absolute Gasteiger partial charge is 0.353 e. The number of piperidine rings is 1. The second-order valence-electron chi connectivity index (χ2n) is 11.0. The van der Waals surface area contributed by atoms with Gasteiger partial charge in [-0.25, -0.2) is 8.42 Å². The van der Waals surface area contributed by atoms with Crippen molar-refractivity contribution in [2.75, 3.05) is 13.1 Å². The summed E-state index contributed by atoms with van der Waals surface area (Å²) in [6, 6.07) is 7.24. The van der Waals surface area contributed by atoms with E-state index in [0.29, 0.717) is 36.2 Å². The Bertz CT molecular complexity index is 897. The fraction of sp³-hybridized carbons (Fsp3) is 0.720. The molecule has 1 atom stereocenters. The monoisotopic (exact) mass is 444 g/mol. The van der Waals surface area contributed by atoms with Gasteiger partial charge >= 0.3 is 0 Å². The van der Waals surface area contributed by atoms with E-state index in [9.17, 15) is 13.2 Å². The van der Waals surface area contributed by atoms with Crippen molar-refractivity contribution in [3.8, 4) is 0 Å². The van der Waals surface area contributed by atoms with Gasteiger partial charge in [0, 0.05) is 25.0 Å². The number of amides is 1. The van der Waals surface area contributed by atoms with Crippen molar-refractivity contribution in [3.63, 3.8) is 0 Å². The molecule has 1 saturated heterocycles. The summed E-state index contributed by atoms with van der Waals surface area (Å²) in [5.74, 6) is 2.68. The van der Waals surface area contributed by atoms with E-state index in [2.05, 4.69) is 12.2 Å². The summed E-state index contributed by atoms with van der Waals surface area (Å²) in [4.78, 5) is 13.4. The van der Waals surface area contributed by atoms with E-state index in [-0.39, 0.29) is 17.9 Å². The first-order valence-corrected chi connectivity index (χ1v) is 13.6. The molecule has 1 aliphatic heterocycles. The zero-order chi connectivity index (χ0) is 21.8. The van der Waals surface area contributed by atoms with E-state index in [4.69, 9.17) is 0 Å². The molecule has 1 amide bonds. The van der Waals surface area contributed by atoms with Crippen LogP contribution in [0.4, 0.5) is 0 Å². The summed E-state index contributed by atoms with van der Waals surface area (Å²) in [6.07, 6.45) is 9.29. The van der Waals surface area contributed by atoms with Crippen molar-refractivity contribution in [1.29, 1.82) is 0 Å². The maximum Gasteiger partial charge on any atom is 0.243 e. The highest BCUT2D eigenvalue weighted by atomic mass is 32.2. The fourth-order valence-electron chi connectivity index (χ4n) is 7.41. The fourth-order valence-corrected chi connectivity index (χ4v) is 8.88. The molecule has 1 N–H and O–H groups in total. The van der Waals surface area contributed by atoms with Gasteiger partial charge in [-0.2, -0.15) is 4.31 Å². The molecular formula is C25H36N2O3S. The van der Waals surface area contributed by atoms with Gasteiger partial charge in [-0.1, -0.05) is 17.7 Å². The van der Waals surface area contributed by atoms with Gasteiger partial charge in [-0.3, -0.25) is 4.79 Å². The summed E-state index contributed by atoms with van der Waals surface area (Å²) in [7, 11) is -3.48. The first-order valence-electron chi connectivity index (χ1n) is 12.1. The highest BCUT2D eigenvalue weighted by molar-refractivity contribution is 7.89. The number of benzene rings is 1. The van der Waals surface area contributed by atoms with Gasteiger partial charge in [-0.05, 0) is 101 Å². The molecule has 1 aromatic carbocycles. The third kappa shape index (κ3) is 3.95. The topological polar surface area (TPSA) is 66.5 Å². The van der Waals surface area contributed by atoms with Gasteiger partial charge in [0.25, 0.3) is 0 Å². The summed E-state index contributed by atoms with van der Waals surface area (Å²) in [6.45, 7) is 5.01. The number of carbonyl (C=O) groups excluding carboxylic acids is 1. The molecule has 1 unspecified atom stereocenters. The smallest absolute Gasteiger partial charge is 0.243 e. The van der Waals surface area contributed by atoms with Crippen LogP contribution in [0, 0.1) is 36.0 Å². The number of rotatable bonds is 5. The standard InChI is InChI=1S/C25H36N2O3S/c1-17-3-5-23(6-4-17)31(29,30)27-9-7-22(8-10-27)24(28)26-18(2)25-14-19-11-20(15-25)13-21(12-19)16-25/h3-6,18-22H,7-16H2,1-2H3,(H,26,28). The molecule has 1 aromatic rings. The molecule has 6 rings (SSSR count). The molecule has 0 radical (unpaired) electrons. The van der Waals surface area contributed by atoms with Crippen LogP contribution >= 0.6 is 0 Å². The lowest BCUT2D eigenvalue weighted by atomic mass is 9.48. The maximum absolute atomic E-state index is 13.1. The average Bonchev–Trinajstić information content (AvgIpc) is 2.73. The Morgan fingerprint density at radius 3 is 2.03 bits per heavy atom. The molecule has 5 aliphatic rings. The van der Waals surface area contributed by atoms with Crippen LogP contribution in [0.3, 0.4) is 0 Å². The van der Waals surface area contributed by atoms with Gasteiger partial charge in [0.2, 0.25) is 15.9 Å². The van der Waals surface area contributed by atoms with Crippen LogP contribution in [0.25, 0.3) is 0 Å². The molecule has 4 aliphatic carbocycles. The Hall–Kier alpha value is -1.40. The lowest BCUT2D eigenvalue weighted by Crippen LogP contribution is -2.56. The zero-order valence-corrected chi connectivity index (χ0v) is 19.7. The van der Waals surface area contributed by atoms with E-state index in [1.165, 1.54) is 38.5 Å². The second kappa shape index (κ2) is 7.87. The maximum atomic E-state index is 13.1. The van der Waals surface area contributed by atoms with Crippen molar-refractivity contribution in [2.45, 2.75) is 76.2 Å². The third-order valence-electron chi connectivity index (χ3n) is 8.85. The molecular weight excluding hydrogens is 408 g/mol. The molecule has 4 saturated carbocycles. The molecule has 5 fully saturated rings. The number of aryl methyl sites for hydroxylation is 1. The zero-order valence-electron chi connectivity index (χ0n) is 18.8. The van der Waals surface area contributed by atoms with Crippen LogP contribution in [0.2, 0.25) is 0 Å². The molecule has 0 aromatic heterocycles. The van der Waals surface area contributed by atoms with Crippen LogP contribution in [0.5, 0.6) is 0 Å². The lowest BCUT2D eigenvalue weighted by molar-refractivity contribution is -0.130. The number of carbonyl (C=O) groups is 1. The summed E-state index contributed by atoms with van der Waals surface area (Å²) >= 11 is 0. The van der Waals surface area contributed by atoms with Crippen molar-refractivity contribution >= 4 is 15.9 Å². The Labute approximate surface area is 187 Å². The molecule has 31 heavy (non-hydrogen) atoms. The Kier molecular flexibility index (Phi) is 5.45. The predicted octanol–water partition coefficient (Wildman–Crippen LogP) is 4.12. The first kappa shape index (κ1) is 21.4. The van der Waals surface area contributed by atoms with Crippen LogP contribution in [-0.4, -0.2) is 37.8 Å². The molecule has 6 heteroatoms.